The van der Waals surface area contributed by atoms with Gasteiger partial charge in [-0.05, 0) is 31.5 Å². The van der Waals surface area contributed by atoms with Crippen LogP contribution < -0.4 is 5.32 Å². The van der Waals surface area contributed by atoms with Crippen molar-refractivity contribution in [3.05, 3.63) is 24.3 Å². The fourth-order valence-electron chi connectivity index (χ4n) is 1.94. The summed E-state index contributed by atoms with van der Waals surface area (Å²) < 4.78 is 10.4. The number of rotatable bonds is 8. The molecular weight excluding hydrogens is 288 g/mol. The van der Waals surface area contributed by atoms with Crippen molar-refractivity contribution in [1.82, 2.24) is 10.3 Å². The zero-order chi connectivity index (χ0) is 15.1. The van der Waals surface area contributed by atoms with Crippen LogP contribution in [0.3, 0.4) is 0 Å². The summed E-state index contributed by atoms with van der Waals surface area (Å²) in [7, 11) is 1.41. The van der Waals surface area contributed by atoms with Crippen molar-refractivity contribution >= 4 is 28.8 Å². The minimum absolute atomic E-state index is 0.221. The van der Waals surface area contributed by atoms with Gasteiger partial charge in [-0.15, -0.1) is 0 Å². The zero-order valence-electron chi connectivity index (χ0n) is 12.3. The van der Waals surface area contributed by atoms with Gasteiger partial charge in [0.2, 0.25) is 0 Å². The first-order valence-electron chi connectivity index (χ1n) is 7.04. The molecule has 6 heteroatoms. The van der Waals surface area contributed by atoms with Gasteiger partial charge >= 0.3 is 5.97 Å². The molecule has 0 bridgehead atoms. The highest BCUT2D eigenvalue weighted by Gasteiger charge is 2.18. The number of aromatic nitrogens is 1. The van der Waals surface area contributed by atoms with E-state index in [-0.39, 0.29) is 12.0 Å². The summed E-state index contributed by atoms with van der Waals surface area (Å²) in [4.78, 5) is 16.1. The number of para-hydroxylation sites is 2. The Balaban J connectivity index is 1.87. The van der Waals surface area contributed by atoms with Crippen LogP contribution in [0, 0.1) is 0 Å². The molecule has 1 atom stereocenters. The molecule has 0 aliphatic rings. The van der Waals surface area contributed by atoms with E-state index < -0.39 is 0 Å². The maximum absolute atomic E-state index is 11.7. The maximum Gasteiger partial charge on any atom is 0.322 e. The maximum atomic E-state index is 11.7. The third kappa shape index (κ3) is 4.47. The molecule has 2 rings (SSSR count). The number of oxazole rings is 1. The number of hydrogen-bond donors (Lipinski definition) is 1. The van der Waals surface area contributed by atoms with Gasteiger partial charge in [-0.2, -0.15) is 0 Å². The number of hydrogen-bond acceptors (Lipinski definition) is 6. The monoisotopic (exact) mass is 308 g/mol. The number of carbonyl (C=O) groups excluding carboxylic acids is 1. The van der Waals surface area contributed by atoms with Gasteiger partial charge in [0.1, 0.15) is 11.6 Å². The Kier molecular flexibility index (Phi) is 6.07. The fourth-order valence-corrected chi connectivity index (χ4v) is 2.78. The molecular formula is C15H20N2O3S. The second-order valence-electron chi connectivity index (χ2n) is 4.61. The largest absolute Gasteiger partial charge is 0.468 e. The molecule has 1 N–H and O–H groups in total. The highest BCUT2D eigenvalue weighted by molar-refractivity contribution is 7.99. The highest BCUT2D eigenvalue weighted by atomic mass is 32.2. The van der Waals surface area contributed by atoms with E-state index in [0.717, 1.165) is 29.8 Å². The average Bonchev–Trinajstić information content (AvgIpc) is 2.92. The van der Waals surface area contributed by atoms with Gasteiger partial charge in [0, 0.05) is 5.75 Å². The minimum atomic E-state index is -0.271. The van der Waals surface area contributed by atoms with Crippen molar-refractivity contribution in [3.63, 3.8) is 0 Å². The van der Waals surface area contributed by atoms with E-state index in [4.69, 9.17) is 9.15 Å². The molecule has 2 aromatic rings. The van der Waals surface area contributed by atoms with E-state index in [1.165, 1.54) is 18.9 Å². The van der Waals surface area contributed by atoms with Crippen molar-refractivity contribution < 1.29 is 13.9 Å². The number of thioether (sulfide) groups is 1. The predicted molar refractivity (Wildman–Crippen MR) is 83.4 cm³/mol. The number of benzene rings is 1. The topological polar surface area (TPSA) is 64.4 Å². The Morgan fingerprint density at radius 1 is 1.48 bits per heavy atom. The fraction of sp³-hybridized carbons (Fsp3) is 0.467. The van der Waals surface area contributed by atoms with E-state index in [0.29, 0.717) is 11.6 Å². The number of nitrogens with zero attached hydrogens (tertiary/aromatic N) is 1. The van der Waals surface area contributed by atoms with Crippen LogP contribution in [-0.2, 0) is 9.53 Å². The first-order valence-corrected chi connectivity index (χ1v) is 8.02. The summed E-state index contributed by atoms with van der Waals surface area (Å²) in [6, 6.07) is 7.40. The normalized spacial score (nSPS) is 12.5. The molecule has 0 amide bonds. The summed E-state index contributed by atoms with van der Waals surface area (Å²) >= 11 is 1.51. The Bertz CT molecular complexity index is 552. The van der Waals surface area contributed by atoms with Gasteiger partial charge in [0.15, 0.2) is 5.58 Å². The second kappa shape index (κ2) is 8.05. The van der Waals surface area contributed by atoms with Crippen LogP contribution in [0.1, 0.15) is 19.8 Å². The van der Waals surface area contributed by atoms with Gasteiger partial charge in [-0.25, -0.2) is 4.98 Å². The molecule has 114 valence electrons. The lowest BCUT2D eigenvalue weighted by Crippen LogP contribution is -2.38. The summed E-state index contributed by atoms with van der Waals surface area (Å²) in [6.45, 7) is 2.86. The Labute approximate surface area is 128 Å². The number of fused-ring (bicyclic) bond motifs is 1. The first kappa shape index (κ1) is 15.9. The SMILES string of the molecule is CCCNC(CCSc1nc2ccccc2o1)C(=O)OC. The highest BCUT2D eigenvalue weighted by Crippen LogP contribution is 2.23. The standard InChI is InChI=1S/C15H20N2O3S/c1-3-9-16-12(14(18)19-2)8-10-21-15-17-11-6-4-5-7-13(11)20-15/h4-7,12,16H,3,8-10H2,1-2H3. The number of methoxy groups -OCH3 is 1. The van der Waals surface area contributed by atoms with Crippen LogP contribution in [0.4, 0.5) is 0 Å². The van der Waals surface area contributed by atoms with Crippen LogP contribution in [0.15, 0.2) is 33.9 Å². The lowest BCUT2D eigenvalue weighted by atomic mass is 10.2. The minimum Gasteiger partial charge on any atom is -0.468 e. The van der Waals surface area contributed by atoms with E-state index in [1.54, 1.807) is 0 Å². The molecule has 1 heterocycles. The lowest BCUT2D eigenvalue weighted by Gasteiger charge is -2.15. The summed E-state index contributed by atoms with van der Waals surface area (Å²) in [6.07, 6.45) is 1.65. The number of carbonyl (C=O) groups is 1. The molecule has 0 aliphatic carbocycles. The Hall–Kier alpha value is -1.53. The van der Waals surface area contributed by atoms with Crippen LogP contribution in [0.5, 0.6) is 0 Å². The molecule has 1 unspecified atom stereocenters. The number of esters is 1. The Morgan fingerprint density at radius 3 is 3.00 bits per heavy atom. The third-order valence-electron chi connectivity index (χ3n) is 3.03. The van der Waals surface area contributed by atoms with Gasteiger partial charge in [0.05, 0.1) is 7.11 Å². The Morgan fingerprint density at radius 2 is 2.29 bits per heavy atom. The summed E-state index contributed by atoms with van der Waals surface area (Å²) in [5.74, 6) is 0.519. The second-order valence-corrected chi connectivity index (χ2v) is 5.66. The van der Waals surface area contributed by atoms with Crippen molar-refractivity contribution in [2.24, 2.45) is 0 Å². The zero-order valence-corrected chi connectivity index (χ0v) is 13.1. The van der Waals surface area contributed by atoms with Crippen LogP contribution in [0.2, 0.25) is 0 Å². The molecule has 1 aromatic carbocycles. The third-order valence-corrected chi connectivity index (χ3v) is 3.89. The van der Waals surface area contributed by atoms with Crippen molar-refractivity contribution in [2.45, 2.75) is 31.0 Å². The van der Waals surface area contributed by atoms with Crippen LogP contribution >= 0.6 is 11.8 Å². The molecule has 0 spiro atoms. The average molecular weight is 308 g/mol. The molecule has 0 fully saturated rings. The van der Waals surface area contributed by atoms with Crippen LogP contribution in [-0.4, -0.2) is 36.4 Å². The van der Waals surface area contributed by atoms with Crippen molar-refractivity contribution in [3.8, 4) is 0 Å². The van der Waals surface area contributed by atoms with Gasteiger partial charge in [-0.3, -0.25) is 4.79 Å². The molecule has 0 saturated carbocycles. The molecule has 1 aromatic heterocycles. The van der Waals surface area contributed by atoms with E-state index in [9.17, 15) is 4.79 Å². The quantitative estimate of drug-likeness (QED) is 0.597. The molecule has 0 saturated heterocycles. The van der Waals surface area contributed by atoms with Crippen LogP contribution in [0.25, 0.3) is 11.1 Å². The van der Waals surface area contributed by atoms with Gasteiger partial charge in [0.25, 0.3) is 5.22 Å². The van der Waals surface area contributed by atoms with Crippen molar-refractivity contribution in [1.29, 1.82) is 0 Å². The molecule has 5 nitrogen and oxygen atoms in total. The molecule has 0 aliphatic heterocycles. The summed E-state index contributed by atoms with van der Waals surface area (Å²) in [5, 5.41) is 3.83. The summed E-state index contributed by atoms with van der Waals surface area (Å²) in [5.41, 5.74) is 1.64. The van der Waals surface area contributed by atoms with E-state index >= 15 is 0 Å². The number of nitrogens with one attached hydrogen (secondary N) is 1. The van der Waals surface area contributed by atoms with Crippen molar-refractivity contribution in [2.75, 3.05) is 19.4 Å². The first-order chi connectivity index (χ1) is 10.2. The van der Waals surface area contributed by atoms with Gasteiger partial charge < -0.3 is 14.5 Å². The predicted octanol–water partition coefficient (Wildman–Crippen LogP) is 2.85. The molecule has 21 heavy (non-hydrogen) atoms. The lowest BCUT2D eigenvalue weighted by molar-refractivity contribution is -0.143. The van der Waals surface area contributed by atoms with E-state index in [1.807, 2.05) is 24.3 Å². The van der Waals surface area contributed by atoms with Gasteiger partial charge in [-0.1, -0.05) is 30.8 Å². The smallest absolute Gasteiger partial charge is 0.322 e. The number of ether oxygens (including phenoxy) is 1. The van der Waals surface area contributed by atoms with E-state index in [2.05, 4.69) is 17.2 Å². The molecule has 0 radical (unpaired) electrons.